The zero-order chi connectivity index (χ0) is 29.8. The van der Waals surface area contributed by atoms with Crippen LogP contribution in [0.25, 0.3) is 6.08 Å². The first-order chi connectivity index (χ1) is 20.3. The van der Waals surface area contributed by atoms with Crippen molar-refractivity contribution in [3.8, 4) is 17.2 Å². The fourth-order valence-corrected chi connectivity index (χ4v) is 5.80. The molecule has 0 radical (unpaired) electrons. The number of carbonyl (C=O) groups excluding carboxylic acids is 1. The van der Waals surface area contributed by atoms with Crippen LogP contribution in [0.5, 0.6) is 17.2 Å². The summed E-state index contributed by atoms with van der Waals surface area (Å²) in [6, 6.07) is 22.1. The predicted octanol–water partition coefficient (Wildman–Crippen LogP) is 4.78. The average molecular weight is 585 g/mol. The molecule has 1 aliphatic heterocycles. The number of methoxy groups -OCH3 is 2. The van der Waals surface area contributed by atoms with Gasteiger partial charge in [-0.25, -0.2) is 9.79 Å². The quantitative estimate of drug-likeness (QED) is 0.263. The number of thiazole rings is 1. The minimum absolute atomic E-state index is 0.259. The Morgan fingerprint density at radius 1 is 1.00 bits per heavy atom. The molecule has 42 heavy (non-hydrogen) atoms. The molecule has 1 atom stereocenters. The third-order valence-corrected chi connectivity index (χ3v) is 7.72. The Hall–Kier alpha value is -4.63. The van der Waals surface area contributed by atoms with E-state index in [4.69, 9.17) is 18.9 Å². The van der Waals surface area contributed by atoms with Crippen LogP contribution in [0, 0.1) is 0 Å². The molecule has 4 aromatic rings. The molecule has 0 aliphatic carbocycles. The van der Waals surface area contributed by atoms with Gasteiger partial charge in [0.1, 0.15) is 12.4 Å². The zero-order valence-corrected chi connectivity index (χ0v) is 24.9. The number of benzene rings is 3. The molecule has 2 heterocycles. The Bertz CT molecular complexity index is 1800. The number of carbonyl (C=O) groups is 1. The normalized spacial score (nSPS) is 14.8. The second-order valence-corrected chi connectivity index (χ2v) is 11.0. The van der Waals surface area contributed by atoms with Crippen LogP contribution in [-0.2, 0) is 16.1 Å². The third kappa shape index (κ3) is 6.01. The second kappa shape index (κ2) is 12.5. The highest BCUT2D eigenvalue weighted by Gasteiger charge is 2.33. The molecule has 9 heteroatoms. The summed E-state index contributed by atoms with van der Waals surface area (Å²) in [6.07, 6.45) is 1.45. The van der Waals surface area contributed by atoms with Gasteiger partial charge in [0.05, 0.1) is 42.2 Å². The Balaban J connectivity index is 1.57. The van der Waals surface area contributed by atoms with E-state index in [1.54, 1.807) is 57.8 Å². The van der Waals surface area contributed by atoms with Gasteiger partial charge in [-0.05, 0) is 67.8 Å². The van der Waals surface area contributed by atoms with Crippen LogP contribution in [0.15, 0.2) is 93.9 Å². The van der Waals surface area contributed by atoms with Gasteiger partial charge >= 0.3 is 5.97 Å². The minimum Gasteiger partial charge on any atom is -0.493 e. The van der Waals surface area contributed by atoms with Gasteiger partial charge in [0, 0.05) is 0 Å². The largest absolute Gasteiger partial charge is 0.493 e. The number of hydrogen-bond acceptors (Lipinski definition) is 8. The molecule has 5 rings (SSSR count). The molecular weight excluding hydrogens is 552 g/mol. The fourth-order valence-electron chi connectivity index (χ4n) is 4.76. The van der Waals surface area contributed by atoms with E-state index in [2.05, 4.69) is 4.99 Å². The Labute approximate surface area is 247 Å². The van der Waals surface area contributed by atoms with Gasteiger partial charge in [-0.15, -0.1) is 0 Å². The molecule has 0 saturated carbocycles. The maximum absolute atomic E-state index is 13.9. The molecule has 1 aliphatic rings. The number of fused-ring (bicyclic) bond motifs is 1. The lowest BCUT2D eigenvalue weighted by Gasteiger charge is -2.25. The van der Waals surface area contributed by atoms with Gasteiger partial charge in [-0.3, -0.25) is 9.36 Å². The first kappa shape index (κ1) is 28.9. The Morgan fingerprint density at radius 2 is 1.71 bits per heavy atom. The molecule has 0 fully saturated rings. The number of nitrogens with zero attached hydrogens (tertiary/aromatic N) is 2. The molecule has 0 N–H and O–H groups in total. The van der Waals surface area contributed by atoms with Crippen LogP contribution in [0.2, 0.25) is 0 Å². The van der Waals surface area contributed by atoms with Crippen molar-refractivity contribution in [2.45, 2.75) is 39.5 Å². The molecule has 0 amide bonds. The summed E-state index contributed by atoms with van der Waals surface area (Å²) >= 11 is 1.26. The van der Waals surface area contributed by atoms with Crippen LogP contribution in [0.1, 0.15) is 43.5 Å². The van der Waals surface area contributed by atoms with Crippen molar-refractivity contribution in [3.63, 3.8) is 0 Å². The SMILES string of the molecule is COc1ccc(/C=c2\sc3n(c2=O)C(c2ccc(OCc4ccccc4)cc2)C(C(=O)OC(C)C)=C(C)N=3)cc1OC. The van der Waals surface area contributed by atoms with Crippen LogP contribution in [-0.4, -0.2) is 30.9 Å². The molecule has 0 saturated heterocycles. The van der Waals surface area contributed by atoms with Crippen molar-refractivity contribution in [2.75, 3.05) is 14.2 Å². The van der Waals surface area contributed by atoms with E-state index in [-0.39, 0.29) is 11.7 Å². The van der Waals surface area contributed by atoms with Crippen molar-refractivity contribution in [1.82, 2.24) is 4.57 Å². The highest BCUT2D eigenvalue weighted by atomic mass is 32.1. The summed E-state index contributed by atoms with van der Waals surface area (Å²) in [5, 5.41) is 0. The summed E-state index contributed by atoms with van der Waals surface area (Å²) < 4.78 is 24.4. The first-order valence-electron chi connectivity index (χ1n) is 13.5. The Morgan fingerprint density at radius 3 is 2.38 bits per heavy atom. The maximum Gasteiger partial charge on any atom is 0.338 e. The van der Waals surface area contributed by atoms with Crippen molar-refractivity contribution in [3.05, 3.63) is 120 Å². The molecule has 1 aromatic heterocycles. The van der Waals surface area contributed by atoms with Gasteiger partial charge < -0.3 is 18.9 Å². The number of rotatable bonds is 9. The highest BCUT2D eigenvalue weighted by Crippen LogP contribution is 2.32. The average Bonchev–Trinajstić information content (AvgIpc) is 3.29. The number of hydrogen-bond donors (Lipinski definition) is 0. The topological polar surface area (TPSA) is 88.4 Å². The lowest BCUT2D eigenvalue weighted by atomic mass is 9.96. The van der Waals surface area contributed by atoms with E-state index in [0.717, 1.165) is 16.7 Å². The molecule has 216 valence electrons. The standard InChI is InChI=1S/C33H32N2O6S/c1-20(2)41-32(37)29-21(3)34-33-35(31(36)28(42-33)18-23-11-16-26(38-4)27(17-23)39-5)30(29)24-12-14-25(15-13-24)40-19-22-9-7-6-8-10-22/h6-18,20,30H,19H2,1-5H3/b28-18-. The van der Waals surface area contributed by atoms with Crippen LogP contribution < -0.4 is 29.1 Å². The van der Waals surface area contributed by atoms with Gasteiger partial charge in [0.2, 0.25) is 0 Å². The van der Waals surface area contributed by atoms with Gasteiger partial charge in [-0.1, -0.05) is 59.9 Å². The smallest absolute Gasteiger partial charge is 0.338 e. The van der Waals surface area contributed by atoms with E-state index < -0.39 is 12.0 Å². The van der Waals surface area contributed by atoms with Gasteiger partial charge in [-0.2, -0.15) is 0 Å². The van der Waals surface area contributed by atoms with E-state index in [0.29, 0.717) is 44.5 Å². The minimum atomic E-state index is -0.719. The van der Waals surface area contributed by atoms with Crippen molar-refractivity contribution < 1.29 is 23.7 Å². The monoisotopic (exact) mass is 584 g/mol. The second-order valence-electron chi connectivity index (χ2n) is 9.99. The van der Waals surface area contributed by atoms with Gasteiger partial charge in [0.25, 0.3) is 5.56 Å². The van der Waals surface area contributed by atoms with E-state index in [1.807, 2.05) is 60.7 Å². The van der Waals surface area contributed by atoms with Gasteiger partial charge in [0.15, 0.2) is 16.3 Å². The molecule has 3 aromatic carbocycles. The molecule has 8 nitrogen and oxygen atoms in total. The summed E-state index contributed by atoms with van der Waals surface area (Å²) in [4.78, 5) is 32.5. The summed E-state index contributed by atoms with van der Waals surface area (Å²) in [7, 11) is 3.13. The van der Waals surface area contributed by atoms with E-state index >= 15 is 0 Å². The molecule has 0 spiro atoms. The van der Waals surface area contributed by atoms with Crippen LogP contribution in [0.4, 0.5) is 0 Å². The summed E-state index contributed by atoms with van der Waals surface area (Å²) in [6.45, 7) is 5.78. The molecular formula is C33H32N2O6S. The fraction of sp³-hybridized carbons (Fsp3) is 0.242. The Kier molecular flexibility index (Phi) is 8.59. The van der Waals surface area contributed by atoms with Crippen molar-refractivity contribution in [1.29, 1.82) is 0 Å². The maximum atomic E-state index is 13.9. The van der Waals surface area contributed by atoms with Crippen LogP contribution in [0.3, 0.4) is 0 Å². The third-order valence-electron chi connectivity index (χ3n) is 6.73. The lowest BCUT2D eigenvalue weighted by molar-refractivity contribution is -0.143. The van der Waals surface area contributed by atoms with Crippen molar-refractivity contribution >= 4 is 23.4 Å². The number of ether oxygens (including phenoxy) is 4. The van der Waals surface area contributed by atoms with Crippen molar-refractivity contribution in [2.24, 2.45) is 4.99 Å². The molecule has 0 bridgehead atoms. The number of aromatic nitrogens is 1. The van der Waals surface area contributed by atoms with E-state index in [9.17, 15) is 9.59 Å². The number of esters is 1. The summed E-state index contributed by atoms with van der Waals surface area (Å²) in [5.74, 6) is 1.32. The first-order valence-corrected chi connectivity index (χ1v) is 14.3. The van der Waals surface area contributed by atoms with Crippen LogP contribution >= 0.6 is 11.3 Å². The molecule has 1 unspecified atom stereocenters. The zero-order valence-electron chi connectivity index (χ0n) is 24.1. The van der Waals surface area contributed by atoms with E-state index in [1.165, 1.54) is 11.3 Å². The number of allylic oxidation sites excluding steroid dienone is 1. The predicted molar refractivity (Wildman–Crippen MR) is 162 cm³/mol. The lowest BCUT2D eigenvalue weighted by Crippen LogP contribution is -2.40. The highest BCUT2D eigenvalue weighted by molar-refractivity contribution is 7.07. The summed E-state index contributed by atoms with van der Waals surface area (Å²) in [5.41, 5.74) is 3.14.